The van der Waals surface area contributed by atoms with Gasteiger partial charge in [0.15, 0.2) is 11.5 Å². The Bertz CT molecular complexity index is 1360. The van der Waals surface area contributed by atoms with E-state index < -0.39 is 10.0 Å². The molecule has 0 atom stereocenters. The predicted octanol–water partition coefficient (Wildman–Crippen LogP) is 2.84. The number of fused-ring (bicyclic) bond motifs is 1. The zero-order chi connectivity index (χ0) is 29.6. The standard InChI is InChI=1S/C29H39N3O8S/c1-5-40-29(34)8-6-7-28(33)31-15-13-30(14-16-31)24-19-23(9-10-25(24)37-2)41(35,36)32-12-11-21-17-26(38-3)27(39-4)18-22(21)20-32/h9-10,17-19H,5-8,11-16,20H2,1-4H3. The van der Waals surface area contributed by atoms with Gasteiger partial charge in [0.05, 0.1) is 38.5 Å². The van der Waals surface area contributed by atoms with Crippen molar-refractivity contribution in [2.24, 2.45) is 0 Å². The maximum Gasteiger partial charge on any atom is 0.305 e. The molecule has 1 amide bonds. The fourth-order valence-corrected chi connectivity index (χ4v) is 6.70. The van der Waals surface area contributed by atoms with Gasteiger partial charge in [-0.1, -0.05) is 0 Å². The second-order valence-corrected chi connectivity index (χ2v) is 11.9. The highest BCUT2D eigenvalue weighted by atomic mass is 32.2. The first kappa shape index (κ1) is 30.4. The Labute approximate surface area is 241 Å². The van der Waals surface area contributed by atoms with Crippen LogP contribution in [0.15, 0.2) is 35.2 Å². The molecule has 0 spiro atoms. The van der Waals surface area contributed by atoms with E-state index in [1.807, 2.05) is 17.0 Å². The van der Waals surface area contributed by atoms with Crippen molar-refractivity contribution in [2.45, 2.75) is 44.0 Å². The lowest BCUT2D eigenvalue weighted by atomic mass is 10.0. The van der Waals surface area contributed by atoms with Crippen LogP contribution in [0.4, 0.5) is 5.69 Å². The molecule has 0 radical (unpaired) electrons. The fourth-order valence-electron chi connectivity index (χ4n) is 5.26. The second kappa shape index (κ2) is 13.4. The first-order chi connectivity index (χ1) is 19.7. The number of anilines is 1. The SMILES string of the molecule is CCOC(=O)CCCC(=O)N1CCN(c2cc(S(=O)(=O)N3CCc4cc(OC)c(OC)cc4C3)ccc2OC)CC1. The maximum absolute atomic E-state index is 13.8. The second-order valence-electron chi connectivity index (χ2n) is 9.92. The third kappa shape index (κ3) is 6.87. The lowest BCUT2D eigenvalue weighted by molar-refractivity contribution is -0.143. The smallest absolute Gasteiger partial charge is 0.305 e. The number of benzene rings is 2. The first-order valence-corrected chi connectivity index (χ1v) is 15.3. The number of carbonyl (C=O) groups is 2. The van der Waals surface area contributed by atoms with E-state index in [4.69, 9.17) is 18.9 Å². The number of rotatable bonds is 11. The van der Waals surface area contributed by atoms with Crippen LogP contribution in [0.5, 0.6) is 17.2 Å². The number of hydrogen-bond donors (Lipinski definition) is 0. The summed E-state index contributed by atoms with van der Waals surface area (Å²) in [5, 5.41) is 0. The topological polar surface area (TPSA) is 115 Å². The zero-order valence-electron chi connectivity index (χ0n) is 24.2. The minimum atomic E-state index is -3.80. The number of piperazine rings is 1. The van der Waals surface area contributed by atoms with E-state index in [9.17, 15) is 18.0 Å². The molecular weight excluding hydrogens is 550 g/mol. The van der Waals surface area contributed by atoms with Gasteiger partial charge in [-0.2, -0.15) is 4.31 Å². The van der Waals surface area contributed by atoms with Gasteiger partial charge < -0.3 is 28.7 Å². The van der Waals surface area contributed by atoms with Gasteiger partial charge in [0.2, 0.25) is 15.9 Å². The van der Waals surface area contributed by atoms with E-state index in [1.165, 1.54) is 4.31 Å². The van der Waals surface area contributed by atoms with Gasteiger partial charge in [-0.25, -0.2) is 8.42 Å². The molecule has 2 heterocycles. The van der Waals surface area contributed by atoms with Gasteiger partial charge in [0, 0.05) is 52.1 Å². The highest BCUT2D eigenvalue weighted by molar-refractivity contribution is 7.89. The van der Waals surface area contributed by atoms with E-state index in [0.717, 1.165) is 11.1 Å². The predicted molar refractivity (Wildman–Crippen MR) is 153 cm³/mol. The van der Waals surface area contributed by atoms with Gasteiger partial charge in [0.1, 0.15) is 5.75 Å². The van der Waals surface area contributed by atoms with Crippen LogP contribution >= 0.6 is 0 Å². The summed E-state index contributed by atoms with van der Waals surface area (Å²) in [6.45, 7) is 4.71. The molecule has 2 aromatic rings. The van der Waals surface area contributed by atoms with Crippen molar-refractivity contribution in [3.63, 3.8) is 0 Å². The average Bonchev–Trinajstić information content (AvgIpc) is 2.99. The Morgan fingerprint density at radius 1 is 0.829 bits per heavy atom. The summed E-state index contributed by atoms with van der Waals surface area (Å²) in [6, 6.07) is 8.67. The lowest BCUT2D eigenvalue weighted by Gasteiger charge is -2.37. The van der Waals surface area contributed by atoms with Crippen LogP contribution < -0.4 is 19.1 Å². The van der Waals surface area contributed by atoms with Crippen molar-refractivity contribution in [3.05, 3.63) is 41.5 Å². The zero-order valence-corrected chi connectivity index (χ0v) is 25.0. The van der Waals surface area contributed by atoms with E-state index in [-0.39, 0.29) is 36.2 Å². The molecule has 0 unspecified atom stereocenters. The molecule has 1 saturated heterocycles. The molecule has 0 N–H and O–H groups in total. The lowest BCUT2D eigenvalue weighted by Crippen LogP contribution is -2.49. The molecule has 2 aromatic carbocycles. The van der Waals surface area contributed by atoms with Crippen LogP contribution in [0.2, 0.25) is 0 Å². The number of carbonyl (C=O) groups excluding carboxylic acids is 2. The van der Waals surface area contributed by atoms with Crippen molar-refractivity contribution in [1.29, 1.82) is 0 Å². The third-order valence-corrected chi connectivity index (χ3v) is 9.36. The van der Waals surface area contributed by atoms with Crippen LogP contribution in [0.1, 0.15) is 37.3 Å². The molecule has 0 saturated carbocycles. The Morgan fingerprint density at radius 2 is 1.49 bits per heavy atom. The monoisotopic (exact) mass is 589 g/mol. The number of esters is 1. The minimum Gasteiger partial charge on any atom is -0.495 e. The van der Waals surface area contributed by atoms with E-state index >= 15 is 0 Å². The minimum absolute atomic E-state index is 0.00290. The van der Waals surface area contributed by atoms with Crippen molar-refractivity contribution in [2.75, 3.05) is 65.6 Å². The molecule has 1 fully saturated rings. The molecule has 0 aliphatic carbocycles. The quantitative estimate of drug-likeness (QED) is 0.365. The molecule has 0 bridgehead atoms. The summed E-state index contributed by atoms with van der Waals surface area (Å²) in [5.41, 5.74) is 2.60. The molecule has 2 aliphatic heterocycles. The van der Waals surface area contributed by atoms with Crippen molar-refractivity contribution >= 4 is 27.6 Å². The van der Waals surface area contributed by atoms with E-state index in [1.54, 1.807) is 51.4 Å². The summed E-state index contributed by atoms with van der Waals surface area (Å²) in [4.78, 5) is 28.2. The van der Waals surface area contributed by atoms with Crippen LogP contribution in [0, 0.1) is 0 Å². The number of sulfonamides is 1. The number of amides is 1. The molecule has 41 heavy (non-hydrogen) atoms. The van der Waals surface area contributed by atoms with Gasteiger partial charge >= 0.3 is 5.97 Å². The Morgan fingerprint density at radius 3 is 2.12 bits per heavy atom. The molecule has 0 aromatic heterocycles. The number of hydrogen-bond acceptors (Lipinski definition) is 9. The molecule has 4 rings (SSSR count). The largest absolute Gasteiger partial charge is 0.495 e. The normalized spacial score (nSPS) is 15.7. The van der Waals surface area contributed by atoms with Crippen molar-refractivity contribution in [1.82, 2.24) is 9.21 Å². The highest BCUT2D eigenvalue weighted by Crippen LogP contribution is 2.36. The summed E-state index contributed by atoms with van der Waals surface area (Å²) in [7, 11) is 0.899. The summed E-state index contributed by atoms with van der Waals surface area (Å²) < 4.78 is 50.3. The average molecular weight is 590 g/mol. The molecule has 12 heteroatoms. The van der Waals surface area contributed by atoms with Crippen LogP contribution in [-0.2, 0) is 37.3 Å². The summed E-state index contributed by atoms with van der Waals surface area (Å²) in [6.07, 6.45) is 1.52. The number of ether oxygens (including phenoxy) is 4. The summed E-state index contributed by atoms with van der Waals surface area (Å²) >= 11 is 0. The van der Waals surface area contributed by atoms with Gasteiger partial charge in [-0.15, -0.1) is 0 Å². The Balaban J connectivity index is 1.45. The number of nitrogens with zero attached hydrogens (tertiary/aromatic N) is 3. The number of methoxy groups -OCH3 is 3. The van der Waals surface area contributed by atoms with Gasteiger partial charge in [-0.05, 0) is 61.2 Å². The molecule has 2 aliphatic rings. The van der Waals surface area contributed by atoms with Crippen LogP contribution in [0.3, 0.4) is 0 Å². The maximum atomic E-state index is 13.8. The van der Waals surface area contributed by atoms with Crippen LogP contribution in [-0.4, -0.2) is 90.2 Å². The van der Waals surface area contributed by atoms with Gasteiger partial charge in [-0.3, -0.25) is 9.59 Å². The highest BCUT2D eigenvalue weighted by Gasteiger charge is 2.31. The van der Waals surface area contributed by atoms with E-state index in [0.29, 0.717) is 75.1 Å². The Hall–Kier alpha value is -3.51. The molecule has 224 valence electrons. The van der Waals surface area contributed by atoms with Crippen molar-refractivity contribution < 1.29 is 37.0 Å². The third-order valence-electron chi connectivity index (χ3n) is 7.52. The first-order valence-electron chi connectivity index (χ1n) is 13.8. The fraction of sp³-hybridized carbons (Fsp3) is 0.517. The van der Waals surface area contributed by atoms with Crippen LogP contribution in [0.25, 0.3) is 0 Å². The van der Waals surface area contributed by atoms with Crippen molar-refractivity contribution in [3.8, 4) is 17.2 Å². The Kier molecular flexibility index (Phi) is 9.98. The molecule has 11 nitrogen and oxygen atoms in total. The summed E-state index contributed by atoms with van der Waals surface area (Å²) in [5.74, 6) is 1.46. The molecular formula is C29H39N3O8S. The van der Waals surface area contributed by atoms with E-state index in [2.05, 4.69) is 0 Å². The van der Waals surface area contributed by atoms with Gasteiger partial charge in [0.25, 0.3) is 0 Å².